The second-order valence-corrected chi connectivity index (χ2v) is 5.82. The zero-order valence-electron chi connectivity index (χ0n) is 12.5. The molecule has 0 heterocycles. The summed E-state index contributed by atoms with van der Waals surface area (Å²) >= 11 is 0. The molecule has 0 unspecified atom stereocenters. The summed E-state index contributed by atoms with van der Waals surface area (Å²) in [5.41, 5.74) is 2.56. The van der Waals surface area contributed by atoms with Crippen LogP contribution in [0, 0.1) is 5.92 Å². The Hall–Kier alpha value is -1.64. The van der Waals surface area contributed by atoms with Crippen molar-refractivity contribution < 1.29 is 4.79 Å². The highest BCUT2D eigenvalue weighted by Crippen LogP contribution is 2.25. The van der Waals surface area contributed by atoms with E-state index in [9.17, 15) is 4.79 Å². The standard InChI is InChI=1S/C17H24N2O/c1-14(20)12-15-8-10-17(11-9-15)18-19(2)13-16-6-4-3-5-7-16/h3-7,15H,8-13H2,1-2H3. The lowest BCUT2D eigenvalue weighted by Crippen LogP contribution is -2.20. The fourth-order valence-corrected chi connectivity index (χ4v) is 2.85. The smallest absolute Gasteiger partial charge is 0.130 e. The van der Waals surface area contributed by atoms with Crippen molar-refractivity contribution in [1.82, 2.24) is 5.01 Å². The van der Waals surface area contributed by atoms with Gasteiger partial charge in [-0.3, -0.25) is 5.01 Å². The first kappa shape index (κ1) is 14.8. The summed E-state index contributed by atoms with van der Waals surface area (Å²) in [7, 11) is 2.03. The van der Waals surface area contributed by atoms with E-state index in [-0.39, 0.29) is 0 Å². The van der Waals surface area contributed by atoms with E-state index in [1.165, 1.54) is 11.3 Å². The maximum Gasteiger partial charge on any atom is 0.130 e. The topological polar surface area (TPSA) is 32.7 Å². The molecule has 1 aromatic carbocycles. The van der Waals surface area contributed by atoms with Crippen molar-refractivity contribution in [2.75, 3.05) is 7.05 Å². The number of nitrogens with zero attached hydrogens (tertiary/aromatic N) is 2. The van der Waals surface area contributed by atoms with E-state index in [4.69, 9.17) is 5.10 Å². The van der Waals surface area contributed by atoms with Gasteiger partial charge in [-0.2, -0.15) is 5.10 Å². The Morgan fingerprint density at radius 2 is 1.90 bits per heavy atom. The number of ketones is 1. The molecule has 1 aliphatic carbocycles. The van der Waals surface area contributed by atoms with Crippen molar-refractivity contribution in [3.8, 4) is 0 Å². The molecule has 0 radical (unpaired) electrons. The monoisotopic (exact) mass is 272 g/mol. The van der Waals surface area contributed by atoms with Crippen molar-refractivity contribution in [2.24, 2.45) is 11.0 Å². The average molecular weight is 272 g/mol. The van der Waals surface area contributed by atoms with E-state index in [0.717, 1.165) is 38.6 Å². The van der Waals surface area contributed by atoms with Gasteiger partial charge in [0.25, 0.3) is 0 Å². The molecule has 1 fully saturated rings. The molecule has 2 rings (SSSR count). The molecular weight excluding hydrogens is 248 g/mol. The van der Waals surface area contributed by atoms with Crippen LogP contribution in [0.4, 0.5) is 0 Å². The summed E-state index contributed by atoms with van der Waals surface area (Å²) in [5.74, 6) is 0.891. The van der Waals surface area contributed by atoms with Gasteiger partial charge in [0.2, 0.25) is 0 Å². The molecule has 0 bridgehead atoms. The SMILES string of the molecule is CC(=O)CC1CCC(=NN(C)Cc2ccccc2)CC1. The van der Waals surface area contributed by atoms with Crippen molar-refractivity contribution in [3.05, 3.63) is 35.9 Å². The van der Waals surface area contributed by atoms with Gasteiger partial charge in [-0.05, 0) is 44.1 Å². The zero-order chi connectivity index (χ0) is 14.4. The summed E-state index contributed by atoms with van der Waals surface area (Å²) in [4.78, 5) is 11.1. The quantitative estimate of drug-likeness (QED) is 0.767. The summed E-state index contributed by atoms with van der Waals surface area (Å²) in [6, 6.07) is 10.4. The van der Waals surface area contributed by atoms with Crippen LogP contribution in [0.15, 0.2) is 35.4 Å². The van der Waals surface area contributed by atoms with Gasteiger partial charge in [0.05, 0.1) is 6.54 Å². The van der Waals surface area contributed by atoms with E-state index < -0.39 is 0 Å². The fourth-order valence-electron chi connectivity index (χ4n) is 2.85. The van der Waals surface area contributed by atoms with Gasteiger partial charge < -0.3 is 4.79 Å². The predicted molar refractivity (Wildman–Crippen MR) is 82.6 cm³/mol. The zero-order valence-corrected chi connectivity index (χ0v) is 12.5. The van der Waals surface area contributed by atoms with Crippen LogP contribution in [0.3, 0.4) is 0 Å². The maximum absolute atomic E-state index is 11.1. The van der Waals surface area contributed by atoms with E-state index in [1.807, 2.05) is 18.1 Å². The van der Waals surface area contributed by atoms with Crippen LogP contribution in [-0.2, 0) is 11.3 Å². The summed E-state index contributed by atoms with van der Waals surface area (Å²) in [6.07, 6.45) is 5.04. The molecule has 3 heteroatoms. The minimum absolute atomic E-state index is 0.316. The molecule has 0 aliphatic heterocycles. The number of hydrogen-bond acceptors (Lipinski definition) is 3. The van der Waals surface area contributed by atoms with E-state index >= 15 is 0 Å². The number of rotatable bonds is 5. The number of hydrogen-bond donors (Lipinski definition) is 0. The highest BCUT2D eigenvalue weighted by atomic mass is 16.1. The van der Waals surface area contributed by atoms with Gasteiger partial charge >= 0.3 is 0 Å². The van der Waals surface area contributed by atoms with Crippen LogP contribution in [-0.4, -0.2) is 23.6 Å². The molecule has 3 nitrogen and oxygen atoms in total. The second kappa shape index (κ2) is 7.22. The molecule has 0 aromatic heterocycles. The number of hydrazone groups is 1. The first-order valence-electron chi connectivity index (χ1n) is 7.44. The lowest BCUT2D eigenvalue weighted by atomic mass is 9.85. The molecule has 0 N–H and O–H groups in total. The number of carbonyl (C=O) groups excluding carboxylic acids is 1. The molecule has 1 aliphatic rings. The number of benzene rings is 1. The van der Waals surface area contributed by atoms with Gasteiger partial charge in [0, 0.05) is 19.2 Å². The first-order chi connectivity index (χ1) is 9.63. The van der Waals surface area contributed by atoms with Crippen LogP contribution in [0.1, 0.15) is 44.6 Å². The van der Waals surface area contributed by atoms with Crippen molar-refractivity contribution in [3.63, 3.8) is 0 Å². The molecule has 20 heavy (non-hydrogen) atoms. The number of carbonyl (C=O) groups is 1. The molecular formula is C17H24N2O. The number of Topliss-reactive ketones (excluding diaryl/α,β-unsaturated/α-hetero) is 1. The first-order valence-corrected chi connectivity index (χ1v) is 7.44. The highest BCUT2D eigenvalue weighted by Gasteiger charge is 2.19. The van der Waals surface area contributed by atoms with Crippen LogP contribution in [0.25, 0.3) is 0 Å². The van der Waals surface area contributed by atoms with Crippen LogP contribution in [0.5, 0.6) is 0 Å². The van der Waals surface area contributed by atoms with Crippen molar-refractivity contribution in [1.29, 1.82) is 0 Å². The third-order valence-corrected chi connectivity index (χ3v) is 3.82. The fraction of sp³-hybridized carbons (Fsp3) is 0.529. The Labute approximate surface area is 121 Å². The van der Waals surface area contributed by atoms with E-state index in [0.29, 0.717) is 11.7 Å². The largest absolute Gasteiger partial charge is 0.300 e. The molecule has 1 aromatic rings. The normalized spacial score (nSPS) is 18.7. The lowest BCUT2D eigenvalue weighted by molar-refractivity contribution is -0.118. The molecule has 0 amide bonds. The maximum atomic E-state index is 11.1. The van der Waals surface area contributed by atoms with Gasteiger partial charge in [0.15, 0.2) is 0 Å². The average Bonchev–Trinajstić information content (AvgIpc) is 2.41. The third kappa shape index (κ3) is 4.80. The summed E-state index contributed by atoms with van der Waals surface area (Å²) in [5, 5.41) is 6.73. The van der Waals surface area contributed by atoms with E-state index in [2.05, 4.69) is 24.3 Å². The molecule has 0 saturated heterocycles. The Bertz CT molecular complexity index is 457. The van der Waals surface area contributed by atoms with Gasteiger partial charge in [0.1, 0.15) is 5.78 Å². The molecule has 1 saturated carbocycles. The van der Waals surface area contributed by atoms with Crippen molar-refractivity contribution >= 4 is 11.5 Å². The predicted octanol–water partition coefficient (Wildman–Crippen LogP) is 3.64. The minimum atomic E-state index is 0.316. The van der Waals surface area contributed by atoms with Crippen molar-refractivity contribution in [2.45, 2.75) is 45.6 Å². The summed E-state index contributed by atoms with van der Waals surface area (Å²) in [6.45, 7) is 2.54. The van der Waals surface area contributed by atoms with E-state index in [1.54, 1.807) is 6.92 Å². The summed E-state index contributed by atoms with van der Waals surface area (Å²) < 4.78 is 0. The van der Waals surface area contributed by atoms with Crippen LogP contribution < -0.4 is 0 Å². The second-order valence-electron chi connectivity index (χ2n) is 5.82. The third-order valence-electron chi connectivity index (χ3n) is 3.82. The molecule has 108 valence electrons. The Morgan fingerprint density at radius 1 is 1.25 bits per heavy atom. The Morgan fingerprint density at radius 3 is 2.50 bits per heavy atom. The van der Waals surface area contributed by atoms with Crippen LogP contribution in [0.2, 0.25) is 0 Å². The highest BCUT2D eigenvalue weighted by molar-refractivity contribution is 5.85. The van der Waals surface area contributed by atoms with Gasteiger partial charge in [-0.1, -0.05) is 30.3 Å². The Kier molecular flexibility index (Phi) is 5.33. The van der Waals surface area contributed by atoms with Crippen LogP contribution >= 0.6 is 0 Å². The molecule has 0 atom stereocenters. The minimum Gasteiger partial charge on any atom is -0.300 e. The Balaban J connectivity index is 1.82. The van der Waals surface area contributed by atoms with Gasteiger partial charge in [-0.25, -0.2) is 0 Å². The van der Waals surface area contributed by atoms with Gasteiger partial charge in [-0.15, -0.1) is 0 Å². The lowest BCUT2D eigenvalue weighted by Gasteiger charge is -2.24. The molecule has 0 spiro atoms.